The van der Waals surface area contributed by atoms with Gasteiger partial charge in [-0.15, -0.1) is 11.8 Å². The van der Waals surface area contributed by atoms with Gasteiger partial charge >= 0.3 is 11.9 Å². The van der Waals surface area contributed by atoms with Crippen molar-refractivity contribution in [2.75, 3.05) is 96.2 Å². The molecule has 0 unspecified atom stereocenters. The number of carboxylic acid groups (broad SMARTS) is 2. The minimum atomic E-state index is -1.26. The molecule has 1 aliphatic heterocycles. The molecule has 1 aromatic carbocycles. The molecule has 2 atom stereocenters. The van der Waals surface area contributed by atoms with Crippen LogP contribution < -0.4 is 32.2 Å². The number of nitrogen functional groups attached to an aromatic ring is 1. The monoisotopic (exact) mass is 886 g/mol. The fourth-order valence-corrected chi connectivity index (χ4v) is 7.63. The summed E-state index contributed by atoms with van der Waals surface area (Å²) in [5, 5.41) is 25.6. The smallest absolute Gasteiger partial charge is 0.321 e. The van der Waals surface area contributed by atoms with E-state index in [1.807, 2.05) is 17.2 Å². The Morgan fingerprint density at radius 2 is 1.61 bits per heavy atom. The number of rotatable bonds is 29. The van der Waals surface area contributed by atoms with Gasteiger partial charge in [0.05, 0.1) is 52.0 Å². The molecule has 342 valence electrons. The van der Waals surface area contributed by atoms with Crippen LogP contribution in [-0.2, 0) is 46.5 Å². The number of hydrogen-bond acceptors (Lipinski definition) is 15. The summed E-state index contributed by atoms with van der Waals surface area (Å²) in [6, 6.07) is 7.01. The predicted octanol–water partition coefficient (Wildman–Crippen LogP) is 1.35. The molecule has 2 aromatic heterocycles. The number of aliphatic carboxylic acids is 2. The van der Waals surface area contributed by atoms with Crippen LogP contribution in [0, 0.1) is 0 Å². The molecular formula is C41H62N10O10S. The highest BCUT2D eigenvalue weighted by atomic mass is 32.2. The normalized spacial score (nSPS) is 14.0. The molecule has 3 aromatic rings. The van der Waals surface area contributed by atoms with Crippen LogP contribution >= 0.6 is 11.8 Å². The second-order valence-electron chi connectivity index (χ2n) is 14.8. The molecule has 62 heavy (non-hydrogen) atoms. The standard InChI is InChI=1S/C41H62N10O10S/c1-3-4-5-11-46-38-37-31(47-41(43)48-38)9-14-51(37)26-29-7-6-28(23-32(29)59-2)25-49-15-17-50(18-16-49)36(54)10-19-60-21-22-61-20-13-45-34(52)8-12-44-35(53)24-33(40(57)58)62-27-30(42)39(55)56/h6-7,9,14,23,30,33H,3-5,8,10-13,15-22,24-27,42H2,1-2H3,(H,44,53)(H,45,52)(H,55,56)(H,57,58)(H3,43,46,47,48)/t30-,33+/m0/s1. The zero-order valence-electron chi connectivity index (χ0n) is 35.6. The molecule has 4 rings (SSSR count). The lowest BCUT2D eigenvalue weighted by molar-refractivity contribution is -0.139. The number of piperazine rings is 1. The van der Waals surface area contributed by atoms with Gasteiger partial charge in [-0.25, -0.2) is 4.98 Å². The lowest BCUT2D eigenvalue weighted by atomic mass is 10.1. The Labute approximate surface area is 365 Å². The summed E-state index contributed by atoms with van der Waals surface area (Å²) >= 11 is 0.772. The molecule has 0 aliphatic carbocycles. The zero-order chi connectivity index (χ0) is 44.9. The van der Waals surface area contributed by atoms with Gasteiger partial charge in [-0.1, -0.05) is 31.9 Å². The minimum absolute atomic E-state index is 0.00497. The van der Waals surface area contributed by atoms with Gasteiger partial charge in [0.2, 0.25) is 23.7 Å². The van der Waals surface area contributed by atoms with Crippen LogP contribution in [0.2, 0.25) is 0 Å². The van der Waals surface area contributed by atoms with Crippen molar-refractivity contribution in [3.05, 3.63) is 41.6 Å². The van der Waals surface area contributed by atoms with Crippen LogP contribution in [0.15, 0.2) is 30.5 Å². The van der Waals surface area contributed by atoms with E-state index in [0.717, 1.165) is 90.9 Å². The van der Waals surface area contributed by atoms with Crippen LogP contribution in [0.5, 0.6) is 5.75 Å². The number of anilines is 2. The number of carbonyl (C=O) groups is 5. The number of aromatic nitrogens is 3. The summed E-state index contributed by atoms with van der Waals surface area (Å²) in [5.41, 5.74) is 15.2. The predicted molar refractivity (Wildman–Crippen MR) is 235 cm³/mol. The summed E-state index contributed by atoms with van der Waals surface area (Å²) in [6.07, 6.45) is 5.18. The minimum Gasteiger partial charge on any atom is -0.496 e. The first-order valence-corrected chi connectivity index (χ1v) is 22.0. The number of amides is 3. The molecule has 0 bridgehead atoms. The third-order valence-corrected chi connectivity index (χ3v) is 11.4. The highest BCUT2D eigenvalue weighted by Crippen LogP contribution is 2.28. The van der Waals surface area contributed by atoms with E-state index in [1.165, 1.54) is 0 Å². The first-order chi connectivity index (χ1) is 29.9. The van der Waals surface area contributed by atoms with E-state index < -0.39 is 29.1 Å². The van der Waals surface area contributed by atoms with Crippen molar-refractivity contribution in [2.45, 2.75) is 69.8 Å². The highest BCUT2D eigenvalue weighted by molar-refractivity contribution is 8.00. The Morgan fingerprint density at radius 3 is 2.32 bits per heavy atom. The molecule has 20 nitrogen and oxygen atoms in total. The Hall–Kier alpha value is -5.22. The molecule has 0 radical (unpaired) electrons. The van der Waals surface area contributed by atoms with E-state index in [9.17, 15) is 29.1 Å². The Balaban J connectivity index is 1.05. The van der Waals surface area contributed by atoms with E-state index in [2.05, 4.69) is 60.5 Å². The van der Waals surface area contributed by atoms with Crippen LogP contribution in [0.25, 0.3) is 11.0 Å². The highest BCUT2D eigenvalue weighted by Gasteiger charge is 2.25. The summed E-state index contributed by atoms with van der Waals surface area (Å²) < 4.78 is 19.0. The number of carbonyl (C=O) groups excluding carboxylic acids is 3. The van der Waals surface area contributed by atoms with Gasteiger partial charge in [-0.05, 0) is 24.1 Å². The molecule has 1 aliphatic rings. The average Bonchev–Trinajstić information content (AvgIpc) is 3.65. The van der Waals surface area contributed by atoms with Crippen molar-refractivity contribution in [2.24, 2.45) is 5.73 Å². The van der Waals surface area contributed by atoms with Gasteiger partial charge in [0.25, 0.3) is 0 Å². The largest absolute Gasteiger partial charge is 0.496 e. The van der Waals surface area contributed by atoms with Crippen molar-refractivity contribution in [1.29, 1.82) is 0 Å². The summed E-state index contributed by atoms with van der Waals surface area (Å²) in [4.78, 5) is 72.4. The number of carboxylic acids is 2. The molecule has 3 amide bonds. The molecule has 9 N–H and O–H groups in total. The van der Waals surface area contributed by atoms with Crippen molar-refractivity contribution in [3.63, 3.8) is 0 Å². The molecule has 1 fully saturated rings. The molecule has 0 spiro atoms. The number of thioether (sulfide) groups is 1. The van der Waals surface area contributed by atoms with Crippen molar-refractivity contribution >= 4 is 64.2 Å². The van der Waals surface area contributed by atoms with E-state index in [0.29, 0.717) is 26.2 Å². The lowest BCUT2D eigenvalue weighted by Crippen LogP contribution is -2.48. The van der Waals surface area contributed by atoms with Gasteiger partial charge in [0.1, 0.15) is 22.6 Å². The van der Waals surface area contributed by atoms with Crippen LogP contribution in [-0.4, -0.2) is 161 Å². The van der Waals surface area contributed by atoms with Gasteiger partial charge in [-0.3, -0.25) is 28.9 Å². The topological polar surface area (TPSA) is 279 Å². The first kappa shape index (κ1) is 49.4. The average molecular weight is 887 g/mol. The molecule has 21 heteroatoms. The Bertz CT molecular complexity index is 1930. The van der Waals surface area contributed by atoms with Crippen molar-refractivity contribution < 1.29 is 48.4 Å². The SMILES string of the molecule is CCCCCNc1nc(N)nc2ccn(Cc3ccc(CN4CCN(C(=O)CCOCCOCCNC(=O)CCNC(=O)C[C@@H](SC[C@H](N)C(=O)O)C(=O)O)CC4)cc3OC)c12. The van der Waals surface area contributed by atoms with Crippen LogP contribution in [0.4, 0.5) is 11.8 Å². The third-order valence-electron chi connectivity index (χ3n) is 10.0. The first-order valence-electron chi connectivity index (χ1n) is 20.9. The third kappa shape index (κ3) is 16.6. The quantitative estimate of drug-likeness (QED) is 0.0485. The van der Waals surface area contributed by atoms with Crippen LogP contribution in [0.3, 0.4) is 0 Å². The molecular weight excluding hydrogens is 825 g/mol. The number of unbranched alkanes of at least 4 members (excludes halogenated alkanes) is 2. The maximum Gasteiger partial charge on any atom is 0.321 e. The number of nitrogens with one attached hydrogen (secondary N) is 3. The fourth-order valence-electron chi connectivity index (χ4n) is 6.63. The summed E-state index contributed by atoms with van der Waals surface area (Å²) in [5.74, 6) is -1.77. The van der Waals surface area contributed by atoms with E-state index in [-0.39, 0.29) is 75.7 Å². The number of nitrogens with zero attached hydrogens (tertiary/aromatic N) is 5. The summed E-state index contributed by atoms with van der Waals surface area (Å²) in [7, 11) is 1.68. The zero-order valence-corrected chi connectivity index (χ0v) is 36.5. The van der Waals surface area contributed by atoms with Crippen molar-refractivity contribution in [1.82, 2.24) is 35.0 Å². The van der Waals surface area contributed by atoms with Gasteiger partial charge in [0.15, 0.2) is 5.82 Å². The molecule has 3 heterocycles. The number of benzene rings is 1. The maximum atomic E-state index is 12.9. The Kier molecular flexibility index (Phi) is 21.0. The summed E-state index contributed by atoms with van der Waals surface area (Å²) in [6.45, 7) is 8.42. The maximum absolute atomic E-state index is 12.9. The second kappa shape index (κ2) is 26.3. The molecule has 0 saturated carbocycles. The van der Waals surface area contributed by atoms with Gasteiger partial charge < -0.3 is 61.3 Å². The number of methoxy groups -OCH3 is 1. The van der Waals surface area contributed by atoms with Gasteiger partial charge in [-0.2, -0.15) is 4.98 Å². The Morgan fingerprint density at radius 1 is 0.871 bits per heavy atom. The van der Waals surface area contributed by atoms with Gasteiger partial charge in [0, 0.05) is 82.7 Å². The number of fused-ring (bicyclic) bond motifs is 1. The number of ether oxygens (including phenoxy) is 3. The fraction of sp³-hybridized carbons (Fsp3) is 0.585. The lowest BCUT2D eigenvalue weighted by Gasteiger charge is -2.35. The van der Waals surface area contributed by atoms with E-state index in [4.69, 9.17) is 30.8 Å². The van der Waals surface area contributed by atoms with Crippen molar-refractivity contribution in [3.8, 4) is 5.75 Å². The number of hydrogen-bond donors (Lipinski definition) is 7. The van der Waals surface area contributed by atoms with E-state index in [1.54, 1.807) is 7.11 Å². The van der Waals surface area contributed by atoms with Crippen LogP contribution in [0.1, 0.15) is 56.6 Å². The second-order valence-corrected chi connectivity index (χ2v) is 16.0. The molecule has 1 saturated heterocycles. The van der Waals surface area contributed by atoms with E-state index >= 15 is 0 Å². The number of nitrogens with two attached hydrogens (primary N) is 2.